The van der Waals surface area contributed by atoms with Crippen LogP contribution < -0.4 is 0 Å². The second-order valence-corrected chi connectivity index (χ2v) is 5.74. The Morgan fingerprint density at radius 3 is 1.33 bits per heavy atom. The molecular formula is C15H6Br2F6O. The molecule has 0 fully saturated rings. The molecule has 0 unspecified atom stereocenters. The first-order valence-corrected chi connectivity index (χ1v) is 8.48. The molecule has 0 aliphatic rings. The van der Waals surface area contributed by atoms with Crippen LogP contribution in [0.3, 0.4) is 0 Å². The van der Waals surface area contributed by atoms with Crippen LogP contribution in [-0.2, 0) is 10.7 Å². The van der Waals surface area contributed by atoms with Crippen LogP contribution in [0.25, 0.3) is 0 Å². The standard InChI is InChI=1S/C15H6Br2F6O/c16-3-7-11(20)5(1-9(18)13(7)22)15(24)6-2-10(19)14(23)8(4-17)12(6)21/h1-2H,3-4H2. The van der Waals surface area contributed by atoms with Gasteiger partial charge in [0.15, 0.2) is 29.1 Å². The lowest BCUT2D eigenvalue weighted by Gasteiger charge is -2.11. The van der Waals surface area contributed by atoms with Gasteiger partial charge in [-0.15, -0.1) is 0 Å². The number of benzene rings is 2. The molecule has 9 heteroatoms. The predicted molar refractivity (Wildman–Crippen MR) is 81.3 cm³/mol. The summed E-state index contributed by atoms with van der Waals surface area (Å²) in [6, 6.07) is 0.487. The zero-order chi connectivity index (χ0) is 18.2. The molecule has 0 saturated heterocycles. The molecule has 2 aromatic rings. The molecule has 2 aromatic carbocycles. The van der Waals surface area contributed by atoms with Gasteiger partial charge in [0.1, 0.15) is 11.6 Å². The second-order valence-electron chi connectivity index (χ2n) is 4.62. The van der Waals surface area contributed by atoms with Crippen LogP contribution in [0, 0.1) is 34.9 Å². The Hall–Kier alpha value is -1.35. The van der Waals surface area contributed by atoms with Gasteiger partial charge in [0.05, 0.1) is 11.1 Å². The van der Waals surface area contributed by atoms with E-state index in [0.29, 0.717) is 0 Å². The maximum atomic E-state index is 14.2. The summed E-state index contributed by atoms with van der Waals surface area (Å²) in [5, 5.41) is -0.898. The minimum atomic E-state index is -1.53. The van der Waals surface area contributed by atoms with Crippen LogP contribution >= 0.6 is 31.9 Å². The SMILES string of the molecule is O=C(c1cc(F)c(F)c(CBr)c1F)c1cc(F)c(F)c(CBr)c1F. The average Bonchev–Trinajstić information content (AvgIpc) is 2.55. The monoisotopic (exact) mass is 474 g/mol. The van der Waals surface area contributed by atoms with E-state index in [1.54, 1.807) is 0 Å². The van der Waals surface area contributed by atoms with Crippen LogP contribution in [-0.4, -0.2) is 5.78 Å². The molecule has 0 saturated carbocycles. The largest absolute Gasteiger partial charge is 0.288 e. The van der Waals surface area contributed by atoms with Crippen molar-refractivity contribution in [2.45, 2.75) is 10.7 Å². The fraction of sp³-hybridized carbons (Fsp3) is 0.133. The zero-order valence-corrected chi connectivity index (χ0v) is 14.7. The van der Waals surface area contributed by atoms with Crippen LogP contribution in [0.4, 0.5) is 26.3 Å². The molecule has 0 aliphatic heterocycles. The molecule has 0 aliphatic carbocycles. The fourth-order valence-corrected chi connectivity index (χ4v) is 3.01. The first-order chi connectivity index (χ1) is 11.2. The van der Waals surface area contributed by atoms with Crippen molar-refractivity contribution < 1.29 is 31.1 Å². The number of rotatable bonds is 4. The van der Waals surface area contributed by atoms with E-state index in [1.807, 2.05) is 0 Å². The topological polar surface area (TPSA) is 17.1 Å². The Bertz CT molecular complexity index is 770. The van der Waals surface area contributed by atoms with Crippen LogP contribution in [0.15, 0.2) is 12.1 Å². The molecule has 0 aromatic heterocycles. The summed E-state index contributed by atoms with van der Waals surface area (Å²) in [5.74, 6) is -10.3. The highest BCUT2D eigenvalue weighted by molar-refractivity contribution is 9.08. The number of carbonyl (C=O) groups excluding carboxylic acids is 1. The van der Waals surface area contributed by atoms with Crippen molar-refractivity contribution in [3.05, 3.63) is 69.3 Å². The summed E-state index contributed by atoms with van der Waals surface area (Å²) in [4.78, 5) is 12.3. The van der Waals surface area contributed by atoms with Crippen molar-refractivity contribution in [2.24, 2.45) is 0 Å². The van der Waals surface area contributed by atoms with Gasteiger partial charge in [-0.2, -0.15) is 0 Å². The van der Waals surface area contributed by atoms with Gasteiger partial charge in [-0.1, -0.05) is 31.9 Å². The van der Waals surface area contributed by atoms with E-state index >= 15 is 0 Å². The maximum absolute atomic E-state index is 14.2. The van der Waals surface area contributed by atoms with Gasteiger partial charge in [-0.25, -0.2) is 26.3 Å². The van der Waals surface area contributed by atoms with E-state index in [1.165, 1.54) is 0 Å². The molecule has 128 valence electrons. The van der Waals surface area contributed by atoms with Crippen LogP contribution in [0.5, 0.6) is 0 Å². The molecule has 0 bridgehead atoms. The third-order valence-corrected chi connectivity index (χ3v) is 4.37. The highest BCUT2D eigenvalue weighted by Crippen LogP contribution is 2.28. The number of halogens is 8. The summed E-state index contributed by atoms with van der Waals surface area (Å²) in [7, 11) is 0. The van der Waals surface area contributed by atoms with E-state index in [0.717, 1.165) is 0 Å². The number of ketones is 1. The number of carbonyl (C=O) groups is 1. The van der Waals surface area contributed by atoms with Gasteiger partial charge in [-0.3, -0.25) is 4.79 Å². The van der Waals surface area contributed by atoms with E-state index in [9.17, 15) is 31.1 Å². The summed E-state index contributed by atoms with van der Waals surface area (Å²) in [6.07, 6.45) is 0. The summed E-state index contributed by atoms with van der Waals surface area (Å²) < 4.78 is 82.4. The molecule has 0 spiro atoms. The Labute approximate surface area is 148 Å². The minimum absolute atomic E-state index is 0.244. The Balaban J connectivity index is 2.71. The van der Waals surface area contributed by atoms with Crippen LogP contribution in [0.1, 0.15) is 27.0 Å². The third-order valence-electron chi connectivity index (χ3n) is 3.25. The Kier molecular flexibility index (Phi) is 5.74. The van der Waals surface area contributed by atoms with Gasteiger partial charge in [0.25, 0.3) is 0 Å². The van der Waals surface area contributed by atoms with Gasteiger partial charge < -0.3 is 0 Å². The molecule has 0 amide bonds. The van der Waals surface area contributed by atoms with Crippen molar-refractivity contribution >= 4 is 37.6 Å². The molecule has 0 atom stereocenters. The van der Waals surface area contributed by atoms with Crippen molar-refractivity contribution in [3.63, 3.8) is 0 Å². The third kappa shape index (κ3) is 3.11. The lowest BCUT2D eigenvalue weighted by Crippen LogP contribution is -2.13. The predicted octanol–water partition coefficient (Wildman–Crippen LogP) is 5.54. The lowest BCUT2D eigenvalue weighted by molar-refractivity contribution is 0.102. The van der Waals surface area contributed by atoms with E-state index in [4.69, 9.17) is 0 Å². The summed E-state index contributed by atoms with van der Waals surface area (Å²) >= 11 is 5.49. The molecule has 2 rings (SSSR count). The maximum Gasteiger partial charge on any atom is 0.199 e. The highest BCUT2D eigenvalue weighted by atomic mass is 79.9. The van der Waals surface area contributed by atoms with E-state index < -0.39 is 73.6 Å². The van der Waals surface area contributed by atoms with Crippen LogP contribution in [0.2, 0.25) is 0 Å². The zero-order valence-electron chi connectivity index (χ0n) is 11.5. The van der Waals surface area contributed by atoms with E-state index in [2.05, 4.69) is 31.9 Å². The first-order valence-electron chi connectivity index (χ1n) is 6.23. The van der Waals surface area contributed by atoms with Gasteiger partial charge in [0.2, 0.25) is 0 Å². The lowest BCUT2D eigenvalue weighted by atomic mass is 9.98. The fourth-order valence-electron chi connectivity index (χ4n) is 2.02. The summed E-state index contributed by atoms with van der Waals surface area (Å²) in [6.45, 7) is 0. The first kappa shape index (κ1) is 19.0. The molecule has 24 heavy (non-hydrogen) atoms. The Morgan fingerprint density at radius 2 is 1.04 bits per heavy atom. The number of hydrogen-bond donors (Lipinski definition) is 0. The molecule has 0 N–H and O–H groups in total. The van der Waals surface area contributed by atoms with Crippen molar-refractivity contribution in [1.82, 2.24) is 0 Å². The Morgan fingerprint density at radius 1 is 0.708 bits per heavy atom. The van der Waals surface area contributed by atoms with Gasteiger partial charge in [0, 0.05) is 21.8 Å². The number of hydrogen-bond acceptors (Lipinski definition) is 1. The normalized spacial score (nSPS) is 11.0. The van der Waals surface area contributed by atoms with Crippen molar-refractivity contribution in [3.8, 4) is 0 Å². The summed E-state index contributed by atoms with van der Waals surface area (Å²) in [5.41, 5.74) is -3.54. The van der Waals surface area contributed by atoms with E-state index in [-0.39, 0.29) is 12.1 Å². The smallest absolute Gasteiger partial charge is 0.199 e. The average molecular weight is 476 g/mol. The van der Waals surface area contributed by atoms with Crippen molar-refractivity contribution in [1.29, 1.82) is 0 Å². The van der Waals surface area contributed by atoms with Gasteiger partial charge >= 0.3 is 0 Å². The van der Waals surface area contributed by atoms with Gasteiger partial charge in [-0.05, 0) is 12.1 Å². The van der Waals surface area contributed by atoms with Crippen molar-refractivity contribution in [2.75, 3.05) is 0 Å². The number of alkyl halides is 2. The molecule has 1 nitrogen and oxygen atoms in total. The highest BCUT2D eigenvalue weighted by Gasteiger charge is 2.27. The molecule has 0 heterocycles. The quantitative estimate of drug-likeness (QED) is 0.245. The molecule has 0 radical (unpaired) electrons. The molecular weight excluding hydrogens is 470 g/mol. The second kappa shape index (κ2) is 7.26. The minimum Gasteiger partial charge on any atom is -0.288 e.